The Labute approximate surface area is 66.7 Å². The Bertz CT molecular complexity index is 265. The van der Waals surface area contributed by atoms with Gasteiger partial charge in [0.25, 0.3) is 0 Å². The minimum Gasteiger partial charge on any atom is -0.299 e. The number of hydrogen-bond donors (Lipinski definition) is 0. The standard InChI is InChI=1S/C7H12O3S/c1-5-4-11(9,10)6(2)3-7(5)8/h5-6H,3-4H2,1-2H3/t5-,6+/m0/s1. The third kappa shape index (κ3) is 1.61. The van der Waals surface area contributed by atoms with Gasteiger partial charge in [0.15, 0.2) is 9.84 Å². The lowest BCUT2D eigenvalue weighted by Crippen LogP contribution is -2.36. The predicted octanol–water partition coefficient (Wildman–Crippen LogP) is 0.399. The maximum absolute atomic E-state index is 11.2. The molecule has 0 N–H and O–H groups in total. The van der Waals surface area contributed by atoms with Gasteiger partial charge in [0.2, 0.25) is 0 Å². The predicted molar refractivity (Wildman–Crippen MR) is 42.0 cm³/mol. The molecular formula is C7H12O3S. The molecule has 0 unspecified atom stereocenters. The van der Waals surface area contributed by atoms with Gasteiger partial charge in [0.1, 0.15) is 5.78 Å². The smallest absolute Gasteiger partial charge is 0.154 e. The van der Waals surface area contributed by atoms with Crippen LogP contribution in [0.3, 0.4) is 0 Å². The van der Waals surface area contributed by atoms with Crippen LogP contribution in [0, 0.1) is 5.92 Å². The topological polar surface area (TPSA) is 51.2 Å². The van der Waals surface area contributed by atoms with Crippen molar-refractivity contribution in [2.24, 2.45) is 5.92 Å². The average Bonchev–Trinajstić information content (AvgIpc) is 1.83. The molecule has 0 saturated carbocycles. The highest BCUT2D eigenvalue weighted by atomic mass is 32.2. The number of carbonyl (C=O) groups is 1. The minimum absolute atomic E-state index is 0.0347. The van der Waals surface area contributed by atoms with Crippen molar-refractivity contribution >= 4 is 15.6 Å². The molecule has 0 spiro atoms. The summed E-state index contributed by atoms with van der Waals surface area (Å²) in [4.78, 5) is 11.0. The quantitative estimate of drug-likeness (QED) is 0.536. The van der Waals surface area contributed by atoms with E-state index in [2.05, 4.69) is 0 Å². The van der Waals surface area contributed by atoms with Gasteiger partial charge in [-0.3, -0.25) is 4.79 Å². The third-order valence-corrected chi connectivity index (χ3v) is 4.49. The molecule has 0 aliphatic carbocycles. The lowest BCUT2D eigenvalue weighted by molar-refractivity contribution is -0.122. The zero-order valence-corrected chi connectivity index (χ0v) is 7.52. The molecule has 0 amide bonds. The van der Waals surface area contributed by atoms with E-state index in [0.29, 0.717) is 0 Å². The number of Topliss-reactive ketones (excluding diaryl/α,β-unsaturated/α-hetero) is 1. The molecule has 4 heteroatoms. The van der Waals surface area contributed by atoms with E-state index in [-0.39, 0.29) is 23.9 Å². The van der Waals surface area contributed by atoms with Crippen LogP contribution in [-0.4, -0.2) is 25.2 Å². The van der Waals surface area contributed by atoms with Gasteiger partial charge in [-0.1, -0.05) is 6.92 Å². The second-order valence-electron chi connectivity index (χ2n) is 3.21. The zero-order chi connectivity index (χ0) is 8.65. The molecule has 0 radical (unpaired) electrons. The maximum Gasteiger partial charge on any atom is 0.154 e. The Morgan fingerprint density at radius 3 is 2.36 bits per heavy atom. The van der Waals surface area contributed by atoms with Crippen LogP contribution in [0.1, 0.15) is 20.3 Å². The van der Waals surface area contributed by atoms with E-state index < -0.39 is 15.1 Å². The van der Waals surface area contributed by atoms with E-state index in [4.69, 9.17) is 0 Å². The Hall–Kier alpha value is -0.380. The fourth-order valence-corrected chi connectivity index (χ4v) is 2.85. The van der Waals surface area contributed by atoms with Crippen molar-refractivity contribution in [3.8, 4) is 0 Å². The first-order valence-electron chi connectivity index (χ1n) is 3.68. The Morgan fingerprint density at radius 2 is 1.91 bits per heavy atom. The summed E-state index contributed by atoms with van der Waals surface area (Å²) < 4.78 is 22.4. The van der Waals surface area contributed by atoms with Crippen molar-refractivity contribution in [1.82, 2.24) is 0 Å². The molecule has 0 bridgehead atoms. The Morgan fingerprint density at radius 1 is 1.36 bits per heavy atom. The summed E-state index contributed by atoms with van der Waals surface area (Å²) in [5.74, 6) is -0.184. The molecule has 3 nitrogen and oxygen atoms in total. The summed E-state index contributed by atoms with van der Waals surface area (Å²) in [6.07, 6.45) is 0.198. The lowest BCUT2D eigenvalue weighted by atomic mass is 10.0. The molecule has 1 aliphatic heterocycles. The van der Waals surface area contributed by atoms with E-state index in [1.807, 2.05) is 0 Å². The summed E-state index contributed by atoms with van der Waals surface area (Å²) in [6, 6.07) is 0. The molecule has 1 fully saturated rings. The van der Waals surface area contributed by atoms with Crippen molar-refractivity contribution in [2.45, 2.75) is 25.5 Å². The first kappa shape index (κ1) is 8.71. The van der Waals surface area contributed by atoms with Gasteiger partial charge in [-0.05, 0) is 6.92 Å². The van der Waals surface area contributed by atoms with Crippen molar-refractivity contribution < 1.29 is 13.2 Å². The molecule has 1 aliphatic rings. The first-order valence-corrected chi connectivity index (χ1v) is 5.39. The van der Waals surface area contributed by atoms with Gasteiger partial charge < -0.3 is 0 Å². The molecule has 0 aromatic heterocycles. The van der Waals surface area contributed by atoms with Crippen LogP contribution in [0.4, 0.5) is 0 Å². The van der Waals surface area contributed by atoms with Crippen LogP contribution in [0.25, 0.3) is 0 Å². The summed E-state index contributed by atoms with van der Waals surface area (Å²) in [7, 11) is -2.96. The molecule has 64 valence electrons. The minimum atomic E-state index is -2.96. The van der Waals surface area contributed by atoms with Crippen LogP contribution < -0.4 is 0 Å². The van der Waals surface area contributed by atoms with Crippen LogP contribution in [0.2, 0.25) is 0 Å². The van der Waals surface area contributed by atoms with Gasteiger partial charge in [0, 0.05) is 12.3 Å². The van der Waals surface area contributed by atoms with Gasteiger partial charge in [0.05, 0.1) is 11.0 Å². The molecule has 0 aromatic carbocycles. The van der Waals surface area contributed by atoms with Crippen molar-refractivity contribution in [2.75, 3.05) is 5.75 Å². The van der Waals surface area contributed by atoms with Crippen LogP contribution in [-0.2, 0) is 14.6 Å². The number of rotatable bonds is 0. The fourth-order valence-electron chi connectivity index (χ4n) is 1.22. The van der Waals surface area contributed by atoms with Crippen LogP contribution in [0.5, 0.6) is 0 Å². The maximum atomic E-state index is 11.2. The highest BCUT2D eigenvalue weighted by Gasteiger charge is 2.34. The molecule has 1 saturated heterocycles. The molecule has 1 heterocycles. The second-order valence-corrected chi connectivity index (χ2v) is 5.68. The normalized spacial score (nSPS) is 37.1. The summed E-state index contributed by atoms with van der Waals surface area (Å²) in [6.45, 7) is 3.27. The van der Waals surface area contributed by atoms with Crippen LogP contribution in [0.15, 0.2) is 0 Å². The van der Waals surface area contributed by atoms with E-state index in [1.54, 1.807) is 13.8 Å². The largest absolute Gasteiger partial charge is 0.299 e. The summed E-state index contributed by atoms with van der Waals surface area (Å²) in [5.41, 5.74) is 0. The zero-order valence-electron chi connectivity index (χ0n) is 6.70. The van der Waals surface area contributed by atoms with E-state index in [1.165, 1.54) is 0 Å². The van der Waals surface area contributed by atoms with Crippen molar-refractivity contribution in [3.05, 3.63) is 0 Å². The van der Waals surface area contributed by atoms with Gasteiger partial charge in [-0.2, -0.15) is 0 Å². The molecule has 2 atom stereocenters. The number of ketones is 1. The van der Waals surface area contributed by atoms with E-state index in [0.717, 1.165) is 0 Å². The number of carbonyl (C=O) groups excluding carboxylic acids is 1. The van der Waals surface area contributed by atoms with Crippen molar-refractivity contribution in [3.63, 3.8) is 0 Å². The second kappa shape index (κ2) is 2.59. The molecule has 11 heavy (non-hydrogen) atoms. The molecular weight excluding hydrogens is 164 g/mol. The Balaban J connectivity index is 2.88. The third-order valence-electron chi connectivity index (χ3n) is 2.13. The lowest BCUT2D eigenvalue weighted by Gasteiger charge is -2.22. The fraction of sp³-hybridized carbons (Fsp3) is 0.857. The summed E-state index contributed by atoms with van der Waals surface area (Å²) >= 11 is 0. The SMILES string of the molecule is C[C@@H]1CC(=O)[C@@H](C)CS1(=O)=O. The highest BCUT2D eigenvalue weighted by Crippen LogP contribution is 2.20. The van der Waals surface area contributed by atoms with Crippen LogP contribution >= 0.6 is 0 Å². The van der Waals surface area contributed by atoms with Crippen molar-refractivity contribution in [1.29, 1.82) is 0 Å². The van der Waals surface area contributed by atoms with Gasteiger partial charge >= 0.3 is 0 Å². The first-order chi connectivity index (χ1) is 4.93. The molecule has 1 rings (SSSR count). The average molecular weight is 176 g/mol. The van der Waals surface area contributed by atoms with E-state index in [9.17, 15) is 13.2 Å². The van der Waals surface area contributed by atoms with E-state index >= 15 is 0 Å². The molecule has 0 aromatic rings. The monoisotopic (exact) mass is 176 g/mol. The Kier molecular flexibility index (Phi) is 2.05. The number of hydrogen-bond acceptors (Lipinski definition) is 3. The van der Waals surface area contributed by atoms with Gasteiger partial charge in [-0.25, -0.2) is 8.42 Å². The van der Waals surface area contributed by atoms with Gasteiger partial charge in [-0.15, -0.1) is 0 Å². The highest BCUT2D eigenvalue weighted by molar-refractivity contribution is 7.92. The summed E-state index contributed by atoms with van der Waals surface area (Å²) in [5, 5.41) is -0.466. The number of sulfone groups is 1.